The van der Waals surface area contributed by atoms with Crippen molar-refractivity contribution in [3.63, 3.8) is 0 Å². The molecule has 1 aromatic heterocycles. The van der Waals surface area contributed by atoms with Gasteiger partial charge >= 0.3 is 0 Å². The van der Waals surface area contributed by atoms with E-state index < -0.39 is 0 Å². The summed E-state index contributed by atoms with van der Waals surface area (Å²) in [6.45, 7) is 8.92. The van der Waals surface area contributed by atoms with Crippen LogP contribution in [-0.4, -0.2) is 47.1 Å². The van der Waals surface area contributed by atoms with Gasteiger partial charge in [0, 0.05) is 24.7 Å². The van der Waals surface area contributed by atoms with Gasteiger partial charge in [-0.15, -0.1) is 0 Å². The van der Waals surface area contributed by atoms with Crippen LogP contribution >= 0.6 is 0 Å². The number of piperidine rings is 3. The molecule has 5 heteroatoms. The largest absolute Gasteiger partial charge is 0.370 e. The SMILES string of the molecule is CCCNc1ncnc(NC2CN3CCC2CC3)c1C. The van der Waals surface area contributed by atoms with Crippen LogP contribution in [0.1, 0.15) is 31.7 Å². The Balaban J connectivity index is 1.71. The third kappa shape index (κ3) is 2.73. The van der Waals surface area contributed by atoms with Crippen molar-refractivity contribution in [3.8, 4) is 0 Å². The molecule has 1 unspecified atom stereocenters. The van der Waals surface area contributed by atoms with Crippen LogP contribution in [0.15, 0.2) is 6.33 Å². The van der Waals surface area contributed by atoms with Crippen molar-refractivity contribution in [3.05, 3.63) is 11.9 Å². The molecular formula is C15H25N5. The van der Waals surface area contributed by atoms with Gasteiger partial charge in [0.25, 0.3) is 0 Å². The summed E-state index contributed by atoms with van der Waals surface area (Å²) in [7, 11) is 0. The Bertz CT molecular complexity index is 454. The van der Waals surface area contributed by atoms with Crippen molar-refractivity contribution < 1.29 is 0 Å². The lowest BCUT2D eigenvalue weighted by molar-refractivity contribution is 0.0973. The van der Waals surface area contributed by atoms with E-state index in [-0.39, 0.29) is 0 Å². The molecule has 0 saturated carbocycles. The lowest BCUT2D eigenvalue weighted by Crippen LogP contribution is -2.53. The summed E-state index contributed by atoms with van der Waals surface area (Å²) in [4.78, 5) is 11.3. The monoisotopic (exact) mass is 275 g/mol. The van der Waals surface area contributed by atoms with Gasteiger partial charge in [-0.05, 0) is 45.2 Å². The molecule has 0 amide bonds. The first-order chi connectivity index (χ1) is 9.78. The van der Waals surface area contributed by atoms with Crippen molar-refractivity contribution in [2.75, 3.05) is 36.8 Å². The highest BCUT2D eigenvalue weighted by Crippen LogP contribution is 2.30. The van der Waals surface area contributed by atoms with E-state index in [1.54, 1.807) is 6.33 Å². The Kier molecular flexibility index (Phi) is 4.05. The van der Waals surface area contributed by atoms with E-state index in [1.165, 1.54) is 25.9 Å². The molecule has 3 saturated heterocycles. The minimum Gasteiger partial charge on any atom is -0.370 e. The molecule has 1 atom stereocenters. The zero-order chi connectivity index (χ0) is 13.9. The second kappa shape index (κ2) is 5.95. The number of hydrogen-bond acceptors (Lipinski definition) is 5. The lowest BCUT2D eigenvalue weighted by atomic mass is 9.84. The van der Waals surface area contributed by atoms with Gasteiger partial charge in [-0.25, -0.2) is 9.97 Å². The molecule has 0 aromatic carbocycles. The summed E-state index contributed by atoms with van der Waals surface area (Å²) in [5.74, 6) is 2.77. The predicted molar refractivity (Wildman–Crippen MR) is 82.1 cm³/mol. The fourth-order valence-electron chi connectivity index (χ4n) is 3.32. The van der Waals surface area contributed by atoms with Crippen LogP contribution in [0.3, 0.4) is 0 Å². The van der Waals surface area contributed by atoms with Crippen molar-refractivity contribution in [1.82, 2.24) is 14.9 Å². The van der Waals surface area contributed by atoms with E-state index >= 15 is 0 Å². The average Bonchev–Trinajstić information content (AvgIpc) is 2.49. The summed E-state index contributed by atoms with van der Waals surface area (Å²) in [5.41, 5.74) is 1.14. The van der Waals surface area contributed by atoms with Crippen LogP contribution in [0.2, 0.25) is 0 Å². The third-order valence-corrected chi connectivity index (χ3v) is 4.60. The van der Waals surface area contributed by atoms with Crippen LogP contribution in [0.5, 0.6) is 0 Å². The quantitative estimate of drug-likeness (QED) is 0.862. The summed E-state index contributed by atoms with van der Waals surface area (Å²) in [6, 6.07) is 0.546. The molecule has 3 aliphatic heterocycles. The molecule has 110 valence electrons. The highest BCUT2D eigenvalue weighted by Gasteiger charge is 2.34. The molecule has 2 N–H and O–H groups in total. The normalized spacial score (nSPS) is 28.4. The first-order valence-electron chi connectivity index (χ1n) is 7.82. The van der Waals surface area contributed by atoms with E-state index in [2.05, 4.69) is 39.3 Å². The van der Waals surface area contributed by atoms with Crippen molar-refractivity contribution in [2.24, 2.45) is 5.92 Å². The van der Waals surface area contributed by atoms with Crippen molar-refractivity contribution in [2.45, 2.75) is 39.2 Å². The molecule has 2 bridgehead atoms. The zero-order valence-electron chi connectivity index (χ0n) is 12.5. The lowest BCUT2D eigenvalue weighted by Gasteiger charge is -2.45. The molecule has 5 nitrogen and oxygen atoms in total. The Labute approximate surface area is 121 Å². The molecule has 0 aliphatic carbocycles. The van der Waals surface area contributed by atoms with Gasteiger partial charge < -0.3 is 15.5 Å². The molecule has 1 aromatic rings. The molecule has 4 heterocycles. The maximum absolute atomic E-state index is 4.44. The number of aromatic nitrogens is 2. The smallest absolute Gasteiger partial charge is 0.134 e. The summed E-state index contributed by atoms with van der Waals surface area (Å²) in [5, 5.41) is 7.04. The van der Waals surface area contributed by atoms with E-state index in [4.69, 9.17) is 0 Å². The van der Waals surface area contributed by atoms with Crippen LogP contribution in [0.4, 0.5) is 11.6 Å². The first-order valence-corrected chi connectivity index (χ1v) is 7.82. The number of fused-ring (bicyclic) bond motifs is 3. The van der Waals surface area contributed by atoms with Gasteiger partial charge in [-0.1, -0.05) is 6.92 Å². The Hall–Kier alpha value is -1.36. The zero-order valence-corrected chi connectivity index (χ0v) is 12.5. The van der Waals surface area contributed by atoms with Crippen LogP contribution in [0.25, 0.3) is 0 Å². The average molecular weight is 275 g/mol. The van der Waals surface area contributed by atoms with Gasteiger partial charge in [-0.2, -0.15) is 0 Å². The minimum atomic E-state index is 0.546. The van der Waals surface area contributed by atoms with Crippen LogP contribution in [0, 0.1) is 12.8 Å². The van der Waals surface area contributed by atoms with Gasteiger partial charge in [0.2, 0.25) is 0 Å². The second-order valence-electron chi connectivity index (χ2n) is 6.01. The third-order valence-electron chi connectivity index (χ3n) is 4.60. The topological polar surface area (TPSA) is 53.1 Å². The number of anilines is 2. The van der Waals surface area contributed by atoms with E-state index in [9.17, 15) is 0 Å². The van der Waals surface area contributed by atoms with Crippen molar-refractivity contribution >= 4 is 11.6 Å². The highest BCUT2D eigenvalue weighted by molar-refractivity contribution is 5.56. The van der Waals surface area contributed by atoms with E-state index in [0.717, 1.165) is 42.6 Å². The molecule has 0 spiro atoms. The van der Waals surface area contributed by atoms with Gasteiger partial charge in [0.05, 0.1) is 0 Å². The first kappa shape index (κ1) is 13.6. The van der Waals surface area contributed by atoms with Crippen LogP contribution < -0.4 is 10.6 Å². The van der Waals surface area contributed by atoms with Crippen LogP contribution in [-0.2, 0) is 0 Å². The summed E-state index contributed by atoms with van der Waals surface area (Å²) < 4.78 is 0. The van der Waals surface area contributed by atoms with Gasteiger partial charge in [0.15, 0.2) is 0 Å². The number of nitrogens with zero attached hydrogens (tertiary/aromatic N) is 3. The summed E-state index contributed by atoms with van der Waals surface area (Å²) >= 11 is 0. The molecule has 0 radical (unpaired) electrons. The van der Waals surface area contributed by atoms with Crippen molar-refractivity contribution in [1.29, 1.82) is 0 Å². The Morgan fingerprint density at radius 2 is 2.00 bits per heavy atom. The van der Waals surface area contributed by atoms with Gasteiger partial charge in [0.1, 0.15) is 18.0 Å². The summed E-state index contributed by atoms with van der Waals surface area (Å²) in [6.07, 6.45) is 5.41. The van der Waals surface area contributed by atoms with E-state index in [0.29, 0.717) is 6.04 Å². The molecule has 20 heavy (non-hydrogen) atoms. The predicted octanol–water partition coefficient (Wildman–Crippen LogP) is 2.11. The van der Waals surface area contributed by atoms with E-state index in [1.807, 2.05) is 0 Å². The maximum atomic E-state index is 4.44. The molecule has 3 fully saturated rings. The standard InChI is InChI=1S/C15H25N5/c1-3-6-16-14-11(2)15(18-10-17-14)19-13-9-20-7-4-12(13)5-8-20/h10,12-13H,3-9H2,1-2H3,(H2,16,17,18,19). The molecule has 4 rings (SSSR count). The number of hydrogen-bond donors (Lipinski definition) is 2. The maximum Gasteiger partial charge on any atom is 0.134 e. The Morgan fingerprint density at radius 1 is 1.25 bits per heavy atom. The fraction of sp³-hybridized carbons (Fsp3) is 0.733. The number of nitrogens with one attached hydrogen (secondary N) is 2. The number of rotatable bonds is 5. The fourth-order valence-corrected chi connectivity index (χ4v) is 3.32. The Morgan fingerprint density at radius 3 is 2.65 bits per heavy atom. The van der Waals surface area contributed by atoms with Gasteiger partial charge in [-0.3, -0.25) is 0 Å². The highest BCUT2D eigenvalue weighted by atomic mass is 15.2. The molecule has 3 aliphatic rings. The minimum absolute atomic E-state index is 0.546. The second-order valence-corrected chi connectivity index (χ2v) is 6.01. The molecular weight excluding hydrogens is 250 g/mol.